The average molecular weight is 177 g/mol. The van der Waals surface area contributed by atoms with Crippen LogP contribution in [0.15, 0.2) is 6.20 Å². The topological polar surface area (TPSA) is 61.7 Å². The first-order valence-electron chi connectivity index (χ1n) is 4.43. The van der Waals surface area contributed by atoms with Crippen molar-refractivity contribution in [1.82, 2.24) is 10.2 Å². The fraction of sp³-hybridized carbons (Fsp3) is 0.556. The molecule has 2 heterocycles. The summed E-state index contributed by atoms with van der Waals surface area (Å²) in [6.45, 7) is 1.55. The van der Waals surface area contributed by atoms with Gasteiger partial charge in [-0.15, -0.1) is 0 Å². The van der Waals surface area contributed by atoms with E-state index in [4.69, 9.17) is 10.00 Å². The zero-order chi connectivity index (χ0) is 9.10. The van der Waals surface area contributed by atoms with Crippen LogP contribution in [0.4, 0.5) is 0 Å². The van der Waals surface area contributed by atoms with E-state index in [-0.39, 0.29) is 0 Å². The predicted octanol–water partition coefficient (Wildman–Crippen LogP) is 1.18. The summed E-state index contributed by atoms with van der Waals surface area (Å²) in [5.74, 6) is 0.325. The summed E-state index contributed by atoms with van der Waals surface area (Å²) in [5, 5.41) is 15.5. The highest BCUT2D eigenvalue weighted by Gasteiger charge is 2.20. The first kappa shape index (κ1) is 8.27. The molecule has 0 aromatic carbocycles. The van der Waals surface area contributed by atoms with Gasteiger partial charge in [0.2, 0.25) is 0 Å². The van der Waals surface area contributed by atoms with E-state index in [1.807, 2.05) is 0 Å². The molecule has 0 aliphatic carbocycles. The summed E-state index contributed by atoms with van der Waals surface area (Å²) in [7, 11) is 0. The molecule has 1 N–H and O–H groups in total. The van der Waals surface area contributed by atoms with E-state index in [2.05, 4.69) is 16.3 Å². The molecule has 1 aliphatic heterocycles. The number of rotatable bonds is 1. The van der Waals surface area contributed by atoms with Crippen molar-refractivity contribution >= 4 is 0 Å². The third kappa shape index (κ3) is 1.56. The molecule has 1 aliphatic rings. The number of aromatic amines is 1. The molecule has 0 spiro atoms. The van der Waals surface area contributed by atoms with Crippen LogP contribution < -0.4 is 0 Å². The number of hydrogen-bond acceptors (Lipinski definition) is 3. The largest absolute Gasteiger partial charge is 0.381 e. The fourth-order valence-corrected chi connectivity index (χ4v) is 1.66. The second-order valence-corrected chi connectivity index (χ2v) is 3.22. The highest BCUT2D eigenvalue weighted by molar-refractivity contribution is 5.32. The molecular formula is C9H11N3O. The Labute approximate surface area is 76.5 Å². The van der Waals surface area contributed by atoms with Gasteiger partial charge in [0.25, 0.3) is 0 Å². The van der Waals surface area contributed by atoms with Gasteiger partial charge in [0.15, 0.2) is 0 Å². The maximum atomic E-state index is 8.79. The Bertz CT molecular complexity index is 320. The molecule has 1 saturated heterocycles. The summed E-state index contributed by atoms with van der Waals surface area (Å²) in [6, 6.07) is 2.12. The van der Waals surface area contributed by atoms with Crippen LogP contribution in [0.1, 0.15) is 30.0 Å². The molecule has 0 amide bonds. The highest BCUT2D eigenvalue weighted by atomic mass is 16.5. The molecule has 0 radical (unpaired) electrons. The predicted molar refractivity (Wildman–Crippen MR) is 46.1 cm³/mol. The lowest BCUT2D eigenvalue weighted by molar-refractivity contribution is 0.0792. The molecular weight excluding hydrogens is 166 g/mol. The molecule has 2 rings (SSSR count). The lowest BCUT2D eigenvalue weighted by Crippen LogP contribution is -2.16. The van der Waals surface area contributed by atoms with Crippen LogP contribution in [-0.2, 0) is 4.74 Å². The third-order valence-corrected chi connectivity index (χ3v) is 2.36. The Morgan fingerprint density at radius 3 is 3.31 bits per heavy atom. The normalized spacial score (nSPS) is 22.5. The highest BCUT2D eigenvalue weighted by Crippen LogP contribution is 2.25. The van der Waals surface area contributed by atoms with Gasteiger partial charge in [0.1, 0.15) is 6.07 Å². The van der Waals surface area contributed by atoms with Crippen LogP contribution in [0.5, 0.6) is 0 Å². The number of aromatic nitrogens is 2. The Balaban J connectivity index is 2.19. The van der Waals surface area contributed by atoms with E-state index in [1.165, 1.54) is 0 Å². The van der Waals surface area contributed by atoms with E-state index in [9.17, 15) is 0 Å². The second kappa shape index (κ2) is 3.58. The first-order valence-corrected chi connectivity index (χ1v) is 4.43. The maximum Gasteiger partial charge on any atom is 0.103 e. The first-order chi connectivity index (χ1) is 6.42. The SMILES string of the molecule is N#Cc1cn[nH]c1C1CCCOC1. The molecule has 1 unspecified atom stereocenters. The van der Waals surface area contributed by atoms with Gasteiger partial charge in [-0.3, -0.25) is 5.10 Å². The molecule has 0 saturated carbocycles. The van der Waals surface area contributed by atoms with Crippen molar-refractivity contribution < 1.29 is 4.74 Å². The molecule has 1 atom stereocenters. The minimum absolute atomic E-state index is 0.325. The zero-order valence-corrected chi connectivity index (χ0v) is 7.29. The van der Waals surface area contributed by atoms with E-state index in [1.54, 1.807) is 6.20 Å². The van der Waals surface area contributed by atoms with Gasteiger partial charge < -0.3 is 4.74 Å². The Morgan fingerprint density at radius 1 is 1.69 bits per heavy atom. The minimum Gasteiger partial charge on any atom is -0.381 e. The maximum absolute atomic E-state index is 8.79. The minimum atomic E-state index is 0.325. The fourth-order valence-electron chi connectivity index (χ4n) is 1.66. The standard InChI is InChI=1S/C9H11N3O/c10-4-8-5-11-12-9(8)7-2-1-3-13-6-7/h5,7H,1-3,6H2,(H,11,12). The van der Waals surface area contributed by atoms with Crippen LogP contribution in [-0.4, -0.2) is 23.4 Å². The summed E-state index contributed by atoms with van der Waals surface area (Å²) in [6.07, 6.45) is 3.72. The van der Waals surface area contributed by atoms with Crippen molar-refractivity contribution in [2.75, 3.05) is 13.2 Å². The second-order valence-electron chi connectivity index (χ2n) is 3.22. The lowest BCUT2D eigenvalue weighted by atomic mass is 9.96. The molecule has 1 aromatic rings. The van der Waals surface area contributed by atoms with E-state index in [0.29, 0.717) is 18.1 Å². The Kier molecular flexibility index (Phi) is 2.28. The number of nitrogens with zero attached hydrogens (tertiary/aromatic N) is 2. The third-order valence-electron chi connectivity index (χ3n) is 2.36. The van der Waals surface area contributed by atoms with Crippen LogP contribution in [0.25, 0.3) is 0 Å². The molecule has 0 bridgehead atoms. The van der Waals surface area contributed by atoms with Gasteiger partial charge in [0, 0.05) is 12.5 Å². The van der Waals surface area contributed by atoms with Gasteiger partial charge in [-0.05, 0) is 12.8 Å². The van der Waals surface area contributed by atoms with Gasteiger partial charge >= 0.3 is 0 Å². The van der Waals surface area contributed by atoms with Crippen molar-refractivity contribution in [3.05, 3.63) is 17.5 Å². The van der Waals surface area contributed by atoms with E-state index >= 15 is 0 Å². The van der Waals surface area contributed by atoms with Crippen molar-refractivity contribution in [2.45, 2.75) is 18.8 Å². The number of H-pyrrole nitrogens is 1. The smallest absolute Gasteiger partial charge is 0.103 e. The number of nitrogens with one attached hydrogen (secondary N) is 1. The summed E-state index contributed by atoms with van der Waals surface area (Å²) >= 11 is 0. The van der Waals surface area contributed by atoms with E-state index in [0.717, 1.165) is 25.1 Å². The summed E-state index contributed by atoms with van der Waals surface area (Å²) in [4.78, 5) is 0. The zero-order valence-electron chi connectivity index (χ0n) is 7.29. The lowest BCUT2D eigenvalue weighted by Gasteiger charge is -2.20. The molecule has 4 heteroatoms. The molecule has 1 aromatic heterocycles. The van der Waals surface area contributed by atoms with Crippen LogP contribution in [0.2, 0.25) is 0 Å². The number of ether oxygens (including phenoxy) is 1. The van der Waals surface area contributed by atoms with Crippen LogP contribution >= 0.6 is 0 Å². The van der Waals surface area contributed by atoms with Gasteiger partial charge in [-0.2, -0.15) is 10.4 Å². The molecule has 68 valence electrons. The van der Waals surface area contributed by atoms with Gasteiger partial charge in [0.05, 0.1) is 24.1 Å². The van der Waals surface area contributed by atoms with Gasteiger partial charge in [-0.25, -0.2) is 0 Å². The van der Waals surface area contributed by atoms with Crippen LogP contribution in [0, 0.1) is 11.3 Å². The number of hydrogen-bond donors (Lipinski definition) is 1. The van der Waals surface area contributed by atoms with Crippen molar-refractivity contribution in [3.8, 4) is 6.07 Å². The van der Waals surface area contributed by atoms with E-state index < -0.39 is 0 Å². The van der Waals surface area contributed by atoms with Gasteiger partial charge in [-0.1, -0.05) is 0 Å². The van der Waals surface area contributed by atoms with Crippen molar-refractivity contribution in [3.63, 3.8) is 0 Å². The average Bonchev–Trinajstić information content (AvgIpc) is 2.67. The van der Waals surface area contributed by atoms with Crippen LogP contribution in [0.3, 0.4) is 0 Å². The molecule has 1 fully saturated rings. The van der Waals surface area contributed by atoms with Crippen molar-refractivity contribution in [2.24, 2.45) is 0 Å². The summed E-state index contributed by atoms with van der Waals surface area (Å²) in [5.41, 5.74) is 1.58. The Hall–Kier alpha value is -1.34. The van der Waals surface area contributed by atoms with Crippen molar-refractivity contribution in [1.29, 1.82) is 5.26 Å². The summed E-state index contributed by atoms with van der Waals surface area (Å²) < 4.78 is 5.35. The molecule has 13 heavy (non-hydrogen) atoms. The quantitative estimate of drug-likeness (QED) is 0.700. The molecule has 4 nitrogen and oxygen atoms in total. The monoisotopic (exact) mass is 177 g/mol. The Morgan fingerprint density at radius 2 is 2.62 bits per heavy atom. The number of nitriles is 1.